The van der Waals surface area contributed by atoms with Gasteiger partial charge in [0.15, 0.2) is 0 Å². The van der Waals surface area contributed by atoms with Gasteiger partial charge in [-0.25, -0.2) is 4.79 Å². The predicted molar refractivity (Wildman–Crippen MR) is 91.1 cm³/mol. The van der Waals surface area contributed by atoms with E-state index < -0.39 is 0 Å². The third-order valence-electron chi connectivity index (χ3n) is 3.48. The molecular formula is C19H18O5. The average Bonchev–Trinajstić information content (AvgIpc) is 2.61. The maximum absolute atomic E-state index is 11.2. The molecule has 0 spiro atoms. The summed E-state index contributed by atoms with van der Waals surface area (Å²) in [5.74, 6) is 2.26. The van der Waals surface area contributed by atoms with Crippen LogP contribution in [0.15, 0.2) is 63.8 Å². The third kappa shape index (κ3) is 4.07. The number of ether oxygens (including phenoxy) is 3. The summed E-state index contributed by atoms with van der Waals surface area (Å²) < 4.78 is 21.5. The summed E-state index contributed by atoms with van der Waals surface area (Å²) in [6, 6.07) is 16.0. The van der Waals surface area contributed by atoms with Crippen molar-refractivity contribution in [3.05, 3.63) is 65.0 Å². The molecule has 0 saturated heterocycles. The summed E-state index contributed by atoms with van der Waals surface area (Å²) in [7, 11) is 1.63. The Morgan fingerprint density at radius 3 is 2.21 bits per heavy atom. The molecule has 3 rings (SSSR count). The van der Waals surface area contributed by atoms with Crippen LogP contribution in [0.2, 0.25) is 0 Å². The van der Waals surface area contributed by atoms with E-state index in [0.717, 1.165) is 23.3 Å². The van der Waals surface area contributed by atoms with Crippen molar-refractivity contribution in [1.29, 1.82) is 0 Å². The van der Waals surface area contributed by atoms with Crippen molar-refractivity contribution in [2.45, 2.75) is 6.42 Å². The van der Waals surface area contributed by atoms with Crippen LogP contribution in [0.4, 0.5) is 0 Å². The Bertz CT molecular complexity index is 852. The molecule has 0 N–H and O–H groups in total. The van der Waals surface area contributed by atoms with Gasteiger partial charge in [0.25, 0.3) is 0 Å². The Balaban J connectivity index is 1.46. The molecule has 0 fully saturated rings. The molecule has 0 amide bonds. The smallest absolute Gasteiger partial charge is 0.336 e. The summed E-state index contributed by atoms with van der Waals surface area (Å²) in [6.07, 6.45) is 0.739. The second-order valence-electron chi connectivity index (χ2n) is 5.18. The minimum atomic E-state index is -0.368. The standard InChI is InChI=1S/C19H18O5/c1-21-15-6-8-16(9-7-15)22-11-2-12-23-17-5-3-14-4-10-19(20)24-18(14)13-17/h3-10,13H,2,11-12H2,1H3. The van der Waals surface area contributed by atoms with Crippen LogP contribution < -0.4 is 19.8 Å². The molecule has 3 aromatic rings. The van der Waals surface area contributed by atoms with Gasteiger partial charge in [-0.2, -0.15) is 0 Å². The van der Waals surface area contributed by atoms with Gasteiger partial charge in [0.05, 0.1) is 20.3 Å². The van der Waals surface area contributed by atoms with Gasteiger partial charge in [-0.3, -0.25) is 0 Å². The van der Waals surface area contributed by atoms with Crippen LogP contribution in [0.5, 0.6) is 17.2 Å². The van der Waals surface area contributed by atoms with Crippen molar-refractivity contribution < 1.29 is 18.6 Å². The topological polar surface area (TPSA) is 57.9 Å². The fourth-order valence-electron chi connectivity index (χ4n) is 2.24. The molecule has 0 saturated carbocycles. The van der Waals surface area contributed by atoms with E-state index in [0.29, 0.717) is 24.5 Å². The van der Waals surface area contributed by atoms with Crippen molar-refractivity contribution in [3.63, 3.8) is 0 Å². The van der Waals surface area contributed by atoms with Crippen LogP contribution in [0.1, 0.15) is 6.42 Å². The first kappa shape index (κ1) is 15.9. The first-order valence-electron chi connectivity index (χ1n) is 7.68. The molecule has 5 nitrogen and oxygen atoms in total. The second kappa shape index (κ2) is 7.55. The average molecular weight is 326 g/mol. The van der Waals surface area contributed by atoms with E-state index in [1.165, 1.54) is 6.07 Å². The van der Waals surface area contributed by atoms with Crippen molar-refractivity contribution in [2.75, 3.05) is 20.3 Å². The lowest BCUT2D eigenvalue weighted by Crippen LogP contribution is -2.05. The predicted octanol–water partition coefficient (Wildman–Crippen LogP) is 3.65. The molecule has 0 unspecified atom stereocenters. The zero-order chi connectivity index (χ0) is 16.8. The fourth-order valence-corrected chi connectivity index (χ4v) is 2.24. The Morgan fingerprint density at radius 2 is 1.46 bits per heavy atom. The molecule has 2 aromatic carbocycles. The van der Waals surface area contributed by atoms with Gasteiger partial charge in [-0.1, -0.05) is 0 Å². The molecule has 1 aromatic heterocycles. The molecular weight excluding hydrogens is 308 g/mol. The molecule has 0 aliphatic heterocycles. The summed E-state index contributed by atoms with van der Waals surface area (Å²) in [4.78, 5) is 11.2. The molecule has 24 heavy (non-hydrogen) atoms. The fraction of sp³-hybridized carbons (Fsp3) is 0.211. The van der Waals surface area contributed by atoms with Gasteiger partial charge in [0.2, 0.25) is 0 Å². The van der Waals surface area contributed by atoms with Crippen LogP contribution in [0.25, 0.3) is 11.0 Å². The van der Waals surface area contributed by atoms with Crippen molar-refractivity contribution >= 4 is 11.0 Å². The van der Waals surface area contributed by atoms with Gasteiger partial charge in [0, 0.05) is 23.9 Å². The lowest BCUT2D eigenvalue weighted by Gasteiger charge is -2.09. The highest BCUT2D eigenvalue weighted by Crippen LogP contribution is 2.20. The lowest BCUT2D eigenvalue weighted by atomic mass is 10.2. The number of hydrogen-bond donors (Lipinski definition) is 0. The minimum absolute atomic E-state index is 0.368. The Labute approximate surface area is 139 Å². The van der Waals surface area contributed by atoms with E-state index in [9.17, 15) is 4.79 Å². The molecule has 0 radical (unpaired) electrons. The quantitative estimate of drug-likeness (QED) is 0.490. The third-order valence-corrected chi connectivity index (χ3v) is 3.48. The number of rotatable bonds is 7. The van der Waals surface area contributed by atoms with E-state index >= 15 is 0 Å². The van der Waals surface area contributed by atoms with E-state index in [-0.39, 0.29) is 5.63 Å². The van der Waals surface area contributed by atoms with Gasteiger partial charge in [0.1, 0.15) is 22.8 Å². The molecule has 0 atom stereocenters. The summed E-state index contributed by atoms with van der Waals surface area (Å²) >= 11 is 0. The molecule has 0 aliphatic rings. The highest BCUT2D eigenvalue weighted by atomic mass is 16.5. The number of fused-ring (bicyclic) bond motifs is 1. The second-order valence-corrected chi connectivity index (χ2v) is 5.18. The van der Waals surface area contributed by atoms with E-state index in [2.05, 4.69) is 0 Å². The van der Waals surface area contributed by atoms with Gasteiger partial charge >= 0.3 is 5.63 Å². The Hall–Kier alpha value is -2.95. The lowest BCUT2D eigenvalue weighted by molar-refractivity contribution is 0.247. The SMILES string of the molecule is COc1ccc(OCCCOc2ccc3ccc(=O)oc3c2)cc1. The van der Waals surface area contributed by atoms with Crippen LogP contribution >= 0.6 is 0 Å². The van der Waals surface area contributed by atoms with Crippen molar-refractivity contribution in [1.82, 2.24) is 0 Å². The molecule has 124 valence electrons. The van der Waals surface area contributed by atoms with E-state index in [1.807, 2.05) is 36.4 Å². The van der Waals surface area contributed by atoms with Gasteiger partial charge in [-0.15, -0.1) is 0 Å². The largest absolute Gasteiger partial charge is 0.497 e. The number of hydrogen-bond acceptors (Lipinski definition) is 5. The summed E-state index contributed by atoms with van der Waals surface area (Å²) in [5.41, 5.74) is 0.155. The Kier molecular flexibility index (Phi) is 5.01. The molecule has 5 heteroatoms. The first-order valence-corrected chi connectivity index (χ1v) is 7.68. The molecule has 0 aliphatic carbocycles. The van der Waals surface area contributed by atoms with Crippen molar-refractivity contribution in [3.8, 4) is 17.2 Å². The maximum atomic E-state index is 11.2. The van der Waals surface area contributed by atoms with Crippen LogP contribution in [0, 0.1) is 0 Å². The summed E-state index contributed by atoms with van der Waals surface area (Å²) in [6.45, 7) is 1.06. The zero-order valence-corrected chi connectivity index (χ0v) is 13.4. The Morgan fingerprint density at radius 1 is 0.833 bits per heavy atom. The molecule has 0 bridgehead atoms. The maximum Gasteiger partial charge on any atom is 0.336 e. The number of methoxy groups -OCH3 is 1. The molecule has 1 heterocycles. The van der Waals surface area contributed by atoms with Crippen LogP contribution in [-0.2, 0) is 0 Å². The van der Waals surface area contributed by atoms with Gasteiger partial charge in [-0.05, 0) is 42.5 Å². The highest BCUT2D eigenvalue weighted by Gasteiger charge is 2.01. The minimum Gasteiger partial charge on any atom is -0.497 e. The highest BCUT2D eigenvalue weighted by molar-refractivity contribution is 5.77. The van der Waals surface area contributed by atoms with Gasteiger partial charge < -0.3 is 18.6 Å². The van der Waals surface area contributed by atoms with Crippen molar-refractivity contribution in [2.24, 2.45) is 0 Å². The monoisotopic (exact) mass is 326 g/mol. The number of benzene rings is 2. The normalized spacial score (nSPS) is 10.5. The zero-order valence-electron chi connectivity index (χ0n) is 13.4. The summed E-state index contributed by atoms with van der Waals surface area (Å²) in [5, 5.41) is 0.866. The van der Waals surface area contributed by atoms with Crippen LogP contribution in [-0.4, -0.2) is 20.3 Å². The van der Waals surface area contributed by atoms with E-state index in [4.69, 9.17) is 18.6 Å². The first-order chi connectivity index (χ1) is 11.7. The van der Waals surface area contributed by atoms with Crippen LogP contribution in [0.3, 0.4) is 0 Å². The van der Waals surface area contributed by atoms with E-state index in [1.54, 1.807) is 19.2 Å².